The third-order valence-corrected chi connectivity index (χ3v) is 4.69. The molecule has 3 aromatic rings. The Balaban J connectivity index is 1.88. The SMILES string of the molecule is CCCCC(=O)Nc1cccc(-c2cn3cc(Br)cc(Br)c3n2)c1. The standard InChI is InChI=1S/C18H17Br2N3O/c1-2-3-7-17(24)21-14-6-4-5-12(8-14)16-11-23-10-13(19)9-15(20)18(23)22-16/h4-6,8-11H,2-3,7H2,1H3,(H,21,24). The maximum atomic E-state index is 11.9. The van der Waals surface area contributed by atoms with Crippen molar-refractivity contribution in [3.05, 3.63) is 51.7 Å². The number of aromatic nitrogens is 2. The van der Waals surface area contributed by atoms with Crippen LogP contribution in [0.5, 0.6) is 0 Å². The summed E-state index contributed by atoms with van der Waals surface area (Å²) in [5, 5.41) is 2.95. The van der Waals surface area contributed by atoms with Crippen molar-refractivity contribution in [2.45, 2.75) is 26.2 Å². The molecule has 6 heteroatoms. The third-order valence-electron chi connectivity index (χ3n) is 3.67. The first-order chi connectivity index (χ1) is 11.6. The van der Waals surface area contributed by atoms with E-state index in [9.17, 15) is 4.79 Å². The molecule has 24 heavy (non-hydrogen) atoms. The van der Waals surface area contributed by atoms with Crippen molar-refractivity contribution in [1.82, 2.24) is 9.38 Å². The molecule has 0 atom stereocenters. The van der Waals surface area contributed by atoms with Crippen LogP contribution in [0.4, 0.5) is 5.69 Å². The lowest BCUT2D eigenvalue weighted by Crippen LogP contribution is -2.10. The van der Waals surface area contributed by atoms with Crippen LogP contribution in [0.3, 0.4) is 0 Å². The summed E-state index contributed by atoms with van der Waals surface area (Å²) in [5.74, 6) is 0.0516. The van der Waals surface area contributed by atoms with Gasteiger partial charge in [0.15, 0.2) is 5.65 Å². The van der Waals surface area contributed by atoms with Gasteiger partial charge in [-0.3, -0.25) is 4.79 Å². The highest BCUT2D eigenvalue weighted by molar-refractivity contribution is 9.11. The second kappa shape index (κ2) is 7.49. The van der Waals surface area contributed by atoms with Gasteiger partial charge in [0.25, 0.3) is 0 Å². The molecule has 2 heterocycles. The molecular formula is C18H17Br2N3O. The lowest BCUT2D eigenvalue weighted by molar-refractivity contribution is -0.116. The Morgan fingerprint density at radius 2 is 2.08 bits per heavy atom. The summed E-state index contributed by atoms with van der Waals surface area (Å²) < 4.78 is 3.87. The van der Waals surface area contributed by atoms with Gasteiger partial charge in [-0.25, -0.2) is 4.98 Å². The highest BCUT2D eigenvalue weighted by Gasteiger charge is 2.09. The summed E-state index contributed by atoms with van der Waals surface area (Å²) in [5.41, 5.74) is 3.48. The van der Waals surface area contributed by atoms with Gasteiger partial charge in [-0.1, -0.05) is 25.5 Å². The van der Waals surface area contributed by atoms with E-state index in [2.05, 4.69) is 49.1 Å². The van der Waals surface area contributed by atoms with Crippen molar-refractivity contribution in [2.24, 2.45) is 0 Å². The number of carbonyl (C=O) groups is 1. The van der Waals surface area contributed by atoms with Gasteiger partial charge in [-0.2, -0.15) is 0 Å². The molecule has 3 rings (SSSR count). The van der Waals surface area contributed by atoms with E-state index in [0.717, 1.165) is 44.4 Å². The molecular weight excluding hydrogens is 434 g/mol. The largest absolute Gasteiger partial charge is 0.326 e. The molecule has 0 spiro atoms. The fourth-order valence-corrected chi connectivity index (χ4v) is 3.78. The van der Waals surface area contributed by atoms with Gasteiger partial charge in [-0.05, 0) is 56.5 Å². The predicted molar refractivity (Wildman–Crippen MR) is 104 cm³/mol. The Hall–Kier alpha value is -1.66. The van der Waals surface area contributed by atoms with Gasteiger partial charge in [0, 0.05) is 34.5 Å². The number of rotatable bonds is 5. The molecule has 0 aliphatic carbocycles. The first-order valence-electron chi connectivity index (χ1n) is 7.81. The van der Waals surface area contributed by atoms with E-state index < -0.39 is 0 Å². The topological polar surface area (TPSA) is 46.4 Å². The predicted octanol–water partition coefficient (Wildman–Crippen LogP) is 5.66. The number of fused-ring (bicyclic) bond motifs is 1. The van der Waals surface area contributed by atoms with Gasteiger partial charge >= 0.3 is 0 Å². The number of halogens is 2. The van der Waals surface area contributed by atoms with E-state index in [1.54, 1.807) is 0 Å². The highest BCUT2D eigenvalue weighted by atomic mass is 79.9. The number of carbonyl (C=O) groups excluding carboxylic acids is 1. The van der Waals surface area contributed by atoms with Crippen LogP contribution in [0, 0.1) is 0 Å². The molecule has 0 unspecified atom stereocenters. The molecule has 0 saturated heterocycles. The zero-order valence-corrected chi connectivity index (χ0v) is 16.4. The van der Waals surface area contributed by atoms with Crippen molar-refractivity contribution in [3.63, 3.8) is 0 Å². The molecule has 1 aromatic carbocycles. The third kappa shape index (κ3) is 3.87. The summed E-state index contributed by atoms with van der Waals surface area (Å²) in [6.45, 7) is 2.08. The Kier molecular flexibility index (Phi) is 5.36. The smallest absolute Gasteiger partial charge is 0.224 e. The minimum absolute atomic E-state index is 0.0516. The van der Waals surface area contributed by atoms with Gasteiger partial charge in [-0.15, -0.1) is 0 Å². The van der Waals surface area contributed by atoms with Crippen LogP contribution in [0.1, 0.15) is 26.2 Å². The Bertz CT molecular complexity index is 889. The molecule has 0 aliphatic rings. The monoisotopic (exact) mass is 449 g/mol. The van der Waals surface area contributed by atoms with Crippen LogP contribution in [-0.4, -0.2) is 15.3 Å². The quantitative estimate of drug-likeness (QED) is 0.545. The normalized spacial score (nSPS) is 11.0. The number of nitrogens with one attached hydrogen (secondary N) is 1. The zero-order valence-electron chi connectivity index (χ0n) is 13.2. The second-order valence-electron chi connectivity index (χ2n) is 5.60. The van der Waals surface area contributed by atoms with Crippen LogP contribution >= 0.6 is 31.9 Å². The van der Waals surface area contributed by atoms with E-state index in [4.69, 9.17) is 0 Å². The van der Waals surface area contributed by atoms with Gasteiger partial charge in [0.2, 0.25) is 5.91 Å². The molecule has 0 aliphatic heterocycles. The summed E-state index contributed by atoms with van der Waals surface area (Å²) in [7, 11) is 0. The minimum atomic E-state index is 0.0516. The number of imidazole rings is 1. The molecule has 0 bridgehead atoms. The van der Waals surface area contributed by atoms with Crippen molar-refractivity contribution >= 4 is 49.1 Å². The van der Waals surface area contributed by atoms with E-state index in [1.807, 2.05) is 47.1 Å². The Morgan fingerprint density at radius 1 is 1.25 bits per heavy atom. The van der Waals surface area contributed by atoms with E-state index >= 15 is 0 Å². The summed E-state index contributed by atoms with van der Waals surface area (Å²) >= 11 is 7.02. The number of hydrogen-bond acceptors (Lipinski definition) is 2. The number of amides is 1. The number of nitrogens with zero attached hydrogens (tertiary/aromatic N) is 2. The number of benzene rings is 1. The van der Waals surface area contributed by atoms with Gasteiger partial charge in [0.05, 0.1) is 10.2 Å². The first kappa shape index (κ1) is 17.2. The number of unbranched alkanes of at least 4 members (excludes halogenated alkanes) is 1. The average Bonchev–Trinajstić information content (AvgIpc) is 2.97. The van der Waals surface area contributed by atoms with Gasteiger partial charge in [0.1, 0.15) is 0 Å². The lowest BCUT2D eigenvalue weighted by Gasteiger charge is -2.06. The van der Waals surface area contributed by atoms with E-state index in [0.29, 0.717) is 6.42 Å². The van der Waals surface area contributed by atoms with Gasteiger partial charge < -0.3 is 9.72 Å². The zero-order chi connectivity index (χ0) is 17.1. The van der Waals surface area contributed by atoms with Crippen molar-refractivity contribution < 1.29 is 4.79 Å². The maximum Gasteiger partial charge on any atom is 0.224 e. The summed E-state index contributed by atoms with van der Waals surface area (Å²) in [4.78, 5) is 16.6. The fourth-order valence-electron chi connectivity index (χ4n) is 2.48. The molecule has 2 aromatic heterocycles. The first-order valence-corrected chi connectivity index (χ1v) is 9.39. The maximum absolute atomic E-state index is 11.9. The average molecular weight is 451 g/mol. The van der Waals surface area contributed by atoms with Crippen LogP contribution in [0.2, 0.25) is 0 Å². The van der Waals surface area contributed by atoms with E-state index in [1.165, 1.54) is 0 Å². The second-order valence-corrected chi connectivity index (χ2v) is 7.37. The summed E-state index contributed by atoms with van der Waals surface area (Å²) in [6, 6.07) is 9.74. The van der Waals surface area contributed by atoms with Crippen molar-refractivity contribution in [2.75, 3.05) is 5.32 Å². The molecule has 0 saturated carbocycles. The minimum Gasteiger partial charge on any atom is -0.326 e. The summed E-state index contributed by atoms with van der Waals surface area (Å²) in [6.07, 6.45) is 6.41. The van der Waals surface area contributed by atoms with Crippen LogP contribution in [0.15, 0.2) is 51.7 Å². The van der Waals surface area contributed by atoms with Crippen molar-refractivity contribution in [1.29, 1.82) is 0 Å². The van der Waals surface area contributed by atoms with Crippen LogP contribution in [-0.2, 0) is 4.79 Å². The number of anilines is 1. The molecule has 1 N–H and O–H groups in total. The van der Waals surface area contributed by atoms with Crippen LogP contribution in [0.25, 0.3) is 16.9 Å². The Labute approximate surface area is 157 Å². The van der Waals surface area contributed by atoms with Crippen LogP contribution < -0.4 is 5.32 Å². The fraction of sp³-hybridized carbons (Fsp3) is 0.222. The molecule has 0 radical (unpaired) electrons. The molecule has 1 amide bonds. The van der Waals surface area contributed by atoms with Crippen molar-refractivity contribution in [3.8, 4) is 11.3 Å². The highest BCUT2D eigenvalue weighted by Crippen LogP contribution is 2.27. The van der Waals surface area contributed by atoms with E-state index in [-0.39, 0.29) is 5.91 Å². The number of pyridine rings is 1. The lowest BCUT2D eigenvalue weighted by atomic mass is 10.1. The molecule has 124 valence electrons. The molecule has 0 fully saturated rings. The Morgan fingerprint density at radius 3 is 2.88 bits per heavy atom. The number of hydrogen-bond donors (Lipinski definition) is 1. The molecule has 4 nitrogen and oxygen atoms in total.